The highest BCUT2D eigenvalue weighted by molar-refractivity contribution is 9.10. The van der Waals surface area contributed by atoms with Gasteiger partial charge in [-0.3, -0.25) is 9.89 Å². The van der Waals surface area contributed by atoms with Crippen LogP contribution in [0.4, 0.5) is 0 Å². The molecule has 1 saturated carbocycles. The Bertz CT molecular complexity index is 1130. The van der Waals surface area contributed by atoms with Gasteiger partial charge < -0.3 is 4.52 Å². The van der Waals surface area contributed by atoms with E-state index in [-0.39, 0.29) is 23.3 Å². The van der Waals surface area contributed by atoms with Gasteiger partial charge in [0.25, 0.3) is 5.16 Å². The van der Waals surface area contributed by atoms with Crippen LogP contribution in [0.3, 0.4) is 0 Å². The number of ketones is 1. The summed E-state index contributed by atoms with van der Waals surface area (Å²) in [6.07, 6.45) is 4.72. The van der Waals surface area contributed by atoms with Crippen molar-refractivity contribution in [1.82, 2.24) is 20.3 Å². The number of halogens is 1. The van der Waals surface area contributed by atoms with Crippen LogP contribution in [0.15, 0.2) is 38.5 Å². The molecule has 140 valence electrons. The lowest BCUT2D eigenvalue weighted by Gasteiger charge is -2.08. The third-order valence-electron chi connectivity index (χ3n) is 4.30. The molecule has 2 heterocycles. The van der Waals surface area contributed by atoms with Crippen LogP contribution in [0.5, 0.6) is 0 Å². The maximum Gasteiger partial charge on any atom is 0.266 e. The minimum Gasteiger partial charge on any atom is -0.360 e. The molecule has 2 aromatic heterocycles. The second kappa shape index (κ2) is 6.68. The largest absolute Gasteiger partial charge is 0.360 e. The monoisotopic (exact) mass is 450 g/mol. The van der Waals surface area contributed by atoms with Crippen molar-refractivity contribution in [3.8, 4) is 0 Å². The summed E-state index contributed by atoms with van der Waals surface area (Å²) in [5.74, 6) is 1.07. The Hall–Kier alpha value is -2.33. The molecule has 1 aliphatic rings. The van der Waals surface area contributed by atoms with Crippen LogP contribution >= 0.6 is 15.9 Å². The van der Waals surface area contributed by atoms with E-state index in [1.807, 2.05) is 0 Å². The van der Waals surface area contributed by atoms with E-state index in [0.717, 1.165) is 23.6 Å². The van der Waals surface area contributed by atoms with Gasteiger partial charge in [-0.2, -0.15) is 0 Å². The lowest BCUT2D eigenvalue weighted by molar-refractivity contribution is 0.103. The Morgan fingerprint density at radius 2 is 2.11 bits per heavy atom. The van der Waals surface area contributed by atoms with Crippen molar-refractivity contribution in [2.75, 3.05) is 6.26 Å². The number of hydrogen-bond donors (Lipinski definition) is 1. The molecule has 1 fully saturated rings. The fourth-order valence-electron chi connectivity index (χ4n) is 2.84. The minimum absolute atomic E-state index is 0.177. The summed E-state index contributed by atoms with van der Waals surface area (Å²) in [5, 5.41) is 9.88. The Kier molecular flexibility index (Phi) is 4.47. The van der Waals surface area contributed by atoms with E-state index in [0.29, 0.717) is 28.3 Å². The molecule has 0 unspecified atom stereocenters. The van der Waals surface area contributed by atoms with Gasteiger partial charge in [-0.15, -0.1) is 5.10 Å². The van der Waals surface area contributed by atoms with Crippen LogP contribution in [-0.4, -0.2) is 40.8 Å². The zero-order valence-electron chi connectivity index (χ0n) is 14.3. The first-order valence-corrected chi connectivity index (χ1v) is 10.9. The number of benzene rings is 1. The highest BCUT2D eigenvalue weighted by Crippen LogP contribution is 2.42. The van der Waals surface area contributed by atoms with Crippen LogP contribution in [0.25, 0.3) is 0 Å². The fourth-order valence-corrected chi connectivity index (χ4v) is 3.73. The second-order valence-electron chi connectivity index (χ2n) is 6.52. The number of aromatic amines is 1. The topological polar surface area (TPSA) is 119 Å². The first kappa shape index (κ1) is 18.1. The van der Waals surface area contributed by atoms with Crippen molar-refractivity contribution < 1.29 is 17.7 Å². The molecule has 27 heavy (non-hydrogen) atoms. The molecule has 3 aromatic rings. The highest BCUT2D eigenvalue weighted by Gasteiger charge is 2.33. The number of H-pyrrole nitrogens is 1. The van der Waals surface area contributed by atoms with Gasteiger partial charge in [-0.25, -0.2) is 13.4 Å². The predicted molar refractivity (Wildman–Crippen MR) is 98.4 cm³/mol. The standard InChI is InChI=1S/C17H15BrN4O4S/c1-27(24,25)17-20-14(21-22-17)7-10-6-11(18)4-5-12(10)15(23)13-8-19-26-16(13)9-2-3-9/h4-6,8-9H,2-3,7H2,1H3,(H,20,21,22). The Morgan fingerprint density at radius 3 is 2.78 bits per heavy atom. The number of sulfone groups is 1. The van der Waals surface area contributed by atoms with E-state index in [9.17, 15) is 13.2 Å². The summed E-state index contributed by atoms with van der Waals surface area (Å²) in [7, 11) is -3.50. The SMILES string of the molecule is CS(=O)(=O)c1n[nH]c(Cc2cc(Br)ccc2C(=O)c2cnoc2C2CC2)n1. The molecule has 0 saturated heterocycles. The minimum atomic E-state index is -3.50. The zero-order valence-corrected chi connectivity index (χ0v) is 16.7. The third kappa shape index (κ3) is 3.72. The van der Waals surface area contributed by atoms with Crippen LogP contribution < -0.4 is 0 Å². The fraction of sp³-hybridized carbons (Fsp3) is 0.294. The van der Waals surface area contributed by atoms with E-state index >= 15 is 0 Å². The van der Waals surface area contributed by atoms with E-state index in [1.165, 1.54) is 6.20 Å². The zero-order chi connectivity index (χ0) is 19.2. The van der Waals surface area contributed by atoms with Gasteiger partial charge in [0.05, 0.1) is 11.8 Å². The second-order valence-corrected chi connectivity index (χ2v) is 9.35. The average molecular weight is 451 g/mol. The number of carbonyl (C=O) groups excluding carboxylic acids is 1. The van der Waals surface area contributed by atoms with E-state index < -0.39 is 9.84 Å². The molecule has 10 heteroatoms. The third-order valence-corrected chi connectivity index (χ3v) is 5.64. The van der Waals surface area contributed by atoms with Crippen molar-refractivity contribution in [1.29, 1.82) is 0 Å². The number of carbonyl (C=O) groups is 1. The van der Waals surface area contributed by atoms with Crippen molar-refractivity contribution in [2.24, 2.45) is 0 Å². The molecule has 0 aliphatic heterocycles. The summed E-state index contributed by atoms with van der Waals surface area (Å²) in [6, 6.07) is 5.31. The molecule has 1 aromatic carbocycles. The van der Waals surface area contributed by atoms with Gasteiger partial charge >= 0.3 is 0 Å². The van der Waals surface area contributed by atoms with Crippen molar-refractivity contribution in [3.63, 3.8) is 0 Å². The number of rotatable bonds is 6. The quantitative estimate of drug-likeness (QED) is 0.573. The molecule has 1 N–H and O–H groups in total. The van der Waals surface area contributed by atoms with Gasteiger partial charge in [0.2, 0.25) is 9.84 Å². The van der Waals surface area contributed by atoms with Gasteiger partial charge in [0.1, 0.15) is 5.82 Å². The Morgan fingerprint density at radius 1 is 1.33 bits per heavy atom. The lowest BCUT2D eigenvalue weighted by Crippen LogP contribution is -2.08. The summed E-state index contributed by atoms with van der Waals surface area (Å²) < 4.78 is 29.2. The molecule has 8 nitrogen and oxygen atoms in total. The van der Waals surface area contributed by atoms with E-state index in [4.69, 9.17) is 4.52 Å². The highest BCUT2D eigenvalue weighted by atomic mass is 79.9. The smallest absolute Gasteiger partial charge is 0.266 e. The molecule has 0 radical (unpaired) electrons. The van der Waals surface area contributed by atoms with Crippen molar-refractivity contribution in [3.05, 3.63) is 57.1 Å². The van der Waals surface area contributed by atoms with Gasteiger partial charge in [0.15, 0.2) is 11.5 Å². The predicted octanol–water partition coefficient (Wildman–Crippen LogP) is 2.66. The summed E-state index contributed by atoms with van der Waals surface area (Å²) in [4.78, 5) is 17.1. The van der Waals surface area contributed by atoms with E-state index in [1.54, 1.807) is 18.2 Å². The molecule has 0 atom stereocenters. The molecule has 0 spiro atoms. The van der Waals surface area contributed by atoms with Crippen LogP contribution in [0.1, 0.15) is 51.8 Å². The van der Waals surface area contributed by atoms with Gasteiger partial charge in [-0.1, -0.05) is 21.1 Å². The van der Waals surface area contributed by atoms with E-state index in [2.05, 4.69) is 36.3 Å². The number of hydrogen-bond acceptors (Lipinski definition) is 7. The van der Waals surface area contributed by atoms with Crippen LogP contribution in [-0.2, 0) is 16.3 Å². The molecule has 4 rings (SSSR count). The Labute approximate surface area is 163 Å². The summed E-state index contributed by atoms with van der Waals surface area (Å²) in [6.45, 7) is 0. The first-order chi connectivity index (χ1) is 12.8. The van der Waals surface area contributed by atoms with Crippen LogP contribution in [0.2, 0.25) is 0 Å². The maximum absolute atomic E-state index is 13.1. The average Bonchev–Trinajstić information content (AvgIpc) is 3.13. The maximum atomic E-state index is 13.1. The van der Waals surface area contributed by atoms with Crippen LogP contribution in [0, 0.1) is 0 Å². The van der Waals surface area contributed by atoms with Gasteiger partial charge in [-0.05, 0) is 36.6 Å². The normalized spacial score (nSPS) is 14.4. The Balaban J connectivity index is 1.69. The summed E-state index contributed by atoms with van der Waals surface area (Å²) >= 11 is 3.41. The molecule has 0 amide bonds. The molecular formula is C17H15BrN4O4S. The summed E-state index contributed by atoms with van der Waals surface area (Å²) in [5.41, 5.74) is 1.64. The first-order valence-electron chi connectivity index (χ1n) is 8.22. The molecular weight excluding hydrogens is 436 g/mol. The molecule has 1 aliphatic carbocycles. The van der Waals surface area contributed by atoms with Crippen molar-refractivity contribution in [2.45, 2.75) is 30.3 Å². The number of aromatic nitrogens is 4. The van der Waals surface area contributed by atoms with Gasteiger partial charge in [0, 0.05) is 28.6 Å². The molecule has 0 bridgehead atoms. The number of nitrogens with zero attached hydrogens (tertiary/aromatic N) is 3. The number of nitrogens with one attached hydrogen (secondary N) is 1. The van der Waals surface area contributed by atoms with Crippen molar-refractivity contribution >= 4 is 31.6 Å². The lowest BCUT2D eigenvalue weighted by atomic mass is 9.96.